The van der Waals surface area contributed by atoms with Crippen LogP contribution in [0.15, 0.2) is 177 Å². The van der Waals surface area contributed by atoms with Crippen LogP contribution >= 0.6 is 7.26 Å². The molecular formula is C44H40O2P+. The highest BCUT2D eigenvalue weighted by atomic mass is 31.2. The fraction of sp³-hybridized carbons (Fsp3) is 0.0909. The molecule has 232 valence electrons. The van der Waals surface area contributed by atoms with E-state index in [0.717, 1.165) is 46.1 Å². The maximum atomic E-state index is 10.6. The molecule has 3 heteroatoms. The number of allylic oxidation sites excluding steroid dienone is 2. The predicted molar refractivity (Wildman–Crippen MR) is 201 cm³/mol. The zero-order chi connectivity index (χ0) is 32.5. The van der Waals surface area contributed by atoms with Crippen LogP contribution in [0.5, 0.6) is 11.5 Å². The second kappa shape index (κ2) is 14.9. The van der Waals surface area contributed by atoms with Crippen LogP contribution in [0.2, 0.25) is 0 Å². The van der Waals surface area contributed by atoms with Crippen LogP contribution in [0.25, 0.3) is 11.1 Å². The third-order valence-electron chi connectivity index (χ3n) is 8.60. The maximum absolute atomic E-state index is 10.6. The molecule has 0 saturated heterocycles. The van der Waals surface area contributed by atoms with Crippen molar-refractivity contribution in [1.29, 1.82) is 0 Å². The summed E-state index contributed by atoms with van der Waals surface area (Å²) in [5.74, 6) is 1.08. The zero-order valence-corrected chi connectivity index (χ0v) is 27.5. The van der Waals surface area contributed by atoms with Crippen molar-refractivity contribution in [1.82, 2.24) is 0 Å². The number of ether oxygens (including phenoxy) is 1. The molecule has 0 aliphatic rings. The van der Waals surface area contributed by atoms with E-state index in [1.54, 1.807) is 6.07 Å². The molecule has 0 radical (unpaired) electrons. The van der Waals surface area contributed by atoms with Crippen molar-refractivity contribution in [3.05, 3.63) is 199 Å². The van der Waals surface area contributed by atoms with Gasteiger partial charge in [0.05, 0.1) is 6.16 Å². The molecule has 0 fully saturated rings. The topological polar surface area (TPSA) is 29.5 Å². The molecule has 6 aromatic carbocycles. The Morgan fingerprint density at radius 1 is 0.553 bits per heavy atom. The summed E-state index contributed by atoms with van der Waals surface area (Å²) in [7, 11) is -1.97. The van der Waals surface area contributed by atoms with E-state index in [-0.39, 0.29) is 5.75 Å². The van der Waals surface area contributed by atoms with Gasteiger partial charge in [0.25, 0.3) is 0 Å². The van der Waals surface area contributed by atoms with E-state index in [2.05, 4.69) is 134 Å². The van der Waals surface area contributed by atoms with Crippen molar-refractivity contribution in [3.8, 4) is 22.6 Å². The highest BCUT2D eigenvalue weighted by Crippen LogP contribution is 2.58. The third kappa shape index (κ3) is 7.14. The van der Waals surface area contributed by atoms with Gasteiger partial charge < -0.3 is 9.84 Å². The summed E-state index contributed by atoms with van der Waals surface area (Å²) >= 11 is 0. The van der Waals surface area contributed by atoms with Crippen LogP contribution in [0, 0.1) is 0 Å². The van der Waals surface area contributed by atoms with Gasteiger partial charge in [-0.1, -0.05) is 103 Å². The Morgan fingerprint density at radius 3 is 1.64 bits per heavy atom. The molecule has 0 amide bonds. The van der Waals surface area contributed by atoms with Crippen molar-refractivity contribution in [3.63, 3.8) is 0 Å². The van der Waals surface area contributed by atoms with Crippen LogP contribution < -0.4 is 20.7 Å². The van der Waals surface area contributed by atoms with Gasteiger partial charge >= 0.3 is 0 Å². The molecule has 0 unspecified atom stereocenters. The van der Waals surface area contributed by atoms with Gasteiger partial charge in [-0.2, -0.15) is 0 Å². The summed E-state index contributed by atoms with van der Waals surface area (Å²) in [5, 5.41) is 14.7. The largest absolute Gasteiger partial charge is 0.507 e. The number of hydrogen-bond donors (Lipinski definition) is 1. The second-order valence-electron chi connectivity index (χ2n) is 11.7. The van der Waals surface area contributed by atoms with Crippen molar-refractivity contribution in [2.45, 2.75) is 25.6 Å². The molecule has 0 saturated carbocycles. The summed E-state index contributed by atoms with van der Waals surface area (Å²) in [6, 6.07) is 53.7. The van der Waals surface area contributed by atoms with Gasteiger partial charge in [-0.25, -0.2) is 0 Å². The molecule has 6 aromatic rings. The second-order valence-corrected chi connectivity index (χ2v) is 15.2. The van der Waals surface area contributed by atoms with E-state index in [1.165, 1.54) is 21.5 Å². The first kappa shape index (κ1) is 31.8. The van der Waals surface area contributed by atoms with Crippen molar-refractivity contribution in [2.24, 2.45) is 0 Å². The highest BCUT2D eigenvalue weighted by Gasteiger charge is 2.45. The number of hydrogen-bond acceptors (Lipinski definition) is 2. The molecule has 0 aliphatic heterocycles. The Labute approximate surface area is 279 Å². The van der Waals surface area contributed by atoms with Gasteiger partial charge in [-0.15, -0.1) is 13.2 Å². The van der Waals surface area contributed by atoms with Crippen LogP contribution in [0.4, 0.5) is 0 Å². The van der Waals surface area contributed by atoms with Gasteiger partial charge in [-0.05, 0) is 101 Å². The number of rotatable bonds is 13. The molecule has 6 rings (SSSR count). The lowest BCUT2D eigenvalue weighted by Crippen LogP contribution is -2.32. The fourth-order valence-corrected chi connectivity index (χ4v) is 10.5. The normalized spacial score (nSPS) is 11.1. The van der Waals surface area contributed by atoms with E-state index in [1.807, 2.05) is 36.4 Å². The first-order valence-corrected chi connectivity index (χ1v) is 18.0. The summed E-state index contributed by atoms with van der Waals surface area (Å²) in [6.45, 7) is 8.27. The standard InChI is InChI=1S/C44H39O2P/c1-3-14-34-26-28-43(45)42(30-34)37-27-29-44(38(31-37)15-4-2)46-32-35-22-24-36(25-23-35)33-47(39-16-8-5-9-17-39,40-18-10-6-11-19-40)41-20-12-7-13-21-41/h3-13,16-31H,1-2,14-15,32-33H2/p+1. The van der Waals surface area contributed by atoms with E-state index < -0.39 is 7.26 Å². The average Bonchev–Trinajstić information content (AvgIpc) is 3.13. The Morgan fingerprint density at radius 2 is 1.09 bits per heavy atom. The average molecular weight is 632 g/mol. The van der Waals surface area contributed by atoms with E-state index in [0.29, 0.717) is 13.0 Å². The third-order valence-corrected chi connectivity index (χ3v) is 13.0. The molecule has 0 bridgehead atoms. The minimum atomic E-state index is -1.97. The molecule has 0 heterocycles. The molecule has 0 aliphatic carbocycles. The molecule has 2 nitrogen and oxygen atoms in total. The monoisotopic (exact) mass is 631 g/mol. The summed E-state index contributed by atoms with van der Waals surface area (Å²) in [4.78, 5) is 0. The van der Waals surface area contributed by atoms with Gasteiger partial charge in [0.2, 0.25) is 0 Å². The SMILES string of the molecule is C=CCc1ccc(O)c(-c2ccc(OCc3ccc(C[P+](c4ccccc4)(c4ccccc4)c4ccccc4)cc3)c(CC=C)c2)c1. The number of phenols is 1. The van der Waals surface area contributed by atoms with Crippen molar-refractivity contribution < 1.29 is 9.84 Å². The fourth-order valence-electron chi connectivity index (χ4n) is 6.26. The van der Waals surface area contributed by atoms with Gasteiger partial charge in [0, 0.05) is 5.56 Å². The van der Waals surface area contributed by atoms with Crippen LogP contribution in [-0.4, -0.2) is 5.11 Å². The first-order valence-electron chi connectivity index (χ1n) is 16.0. The van der Waals surface area contributed by atoms with E-state index in [4.69, 9.17) is 4.74 Å². The lowest BCUT2D eigenvalue weighted by atomic mass is 9.97. The first-order chi connectivity index (χ1) is 23.1. The smallest absolute Gasteiger partial charge is 0.123 e. The van der Waals surface area contributed by atoms with E-state index in [9.17, 15) is 5.11 Å². The highest BCUT2D eigenvalue weighted by molar-refractivity contribution is 7.95. The van der Waals surface area contributed by atoms with Crippen LogP contribution in [0.1, 0.15) is 22.3 Å². The van der Waals surface area contributed by atoms with E-state index >= 15 is 0 Å². The lowest BCUT2D eigenvalue weighted by Gasteiger charge is -2.28. The van der Waals surface area contributed by atoms with Crippen molar-refractivity contribution in [2.75, 3.05) is 0 Å². The summed E-state index contributed by atoms with van der Waals surface area (Å²) in [5.41, 5.74) is 6.30. The van der Waals surface area contributed by atoms with Crippen LogP contribution in [0.3, 0.4) is 0 Å². The Kier molecular flexibility index (Phi) is 10.1. The molecule has 0 spiro atoms. The molecular weight excluding hydrogens is 591 g/mol. The molecule has 1 N–H and O–H groups in total. The van der Waals surface area contributed by atoms with Crippen molar-refractivity contribution >= 4 is 23.2 Å². The maximum Gasteiger partial charge on any atom is 0.123 e. The summed E-state index contributed by atoms with van der Waals surface area (Å²) in [6.07, 6.45) is 6.10. The lowest BCUT2D eigenvalue weighted by molar-refractivity contribution is 0.303. The number of benzene rings is 6. The molecule has 0 atom stereocenters. The molecule has 0 aromatic heterocycles. The number of phenolic OH excluding ortho intramolecular Hbond substituents is 1. The zero-order valence-electron chi connectivity index (χ0n) is 26.6. The number of aromatic hydroxyl groups is 1. The van der Waals surface area contributed by atoms with Gasteiger partial charge in [0.15, 0.2) is 0 Å². The molecule has 47 heavy (non-hydrogen) atoms. The minimum absolute atomic E-state index is 0.259. The minimum Gasteiger partial charge on any atom is -0.507 e. The van der Waals surface area contributed by atoms with Gasteiger partial charge in [0.1, 0.15) is 41.3 Å². The summed E-state index contributed by atoms with van der Waals surface area (Å²) < 4.78 is 6.39. The Hall–Kier alpha value is -5.17. The Bertz CT molecular complexity index is 1830. The Balaban J connectivity index is 1.26. The predicted octanol–water partition coefficient (Wildman–Crippen LogP) is 9.59. The van der Waals surface area contributed by atoms with Crippen LogP contribution in [-0.2, 0) is 25.6 Å². The van der Waals surface area contributed by atoms with Gasteiger partial charge in [-0.3, -0.25) is 0 Å². The quantitative estimate of drug-likeness (QED) is 0.102.